The third-order valence-corrected chi connectivity index (χ3v) is 5.79. The summed E-state index contributed by atoms with van der Waals surface area (Å²) in [6.45, 7) is 0. The minimum absolute atomic E-state index is 0.0897. The molecule has 0 spiro atoms. The van der Waals surface area contributed by atoms with Gasteiger partial charge in [-0.2, -0.15) is 28.9 Å². The predicted molar refractivity (Wildman–Crippen MR) is 146 cm³/mol. The molecule has 0 bridgehead atoms. The Morgan fingerprint density at radius 1 is 0.575 bits per heavy atom. The normalized spacial score (nSPS) is 11.5. The molecule has 0 heterocycles. The van der Waals surface area contributed by atoms with E-state index >= 15 is 0 Å². The molecule has 0 atom stereocenters. The summed E-state index contributed by atoms with van der Waals surface area (Å²) < 4.78 is 59.0. The fourth-order valence-electron chi connectivity index (χ4n) is 3.05. The molecule has 204 valence electrons. The van der Waals surface area contributed by atoms with Gasteiger partial charge in [-0.1, -0.05) is 30.4 Å². The molecule has 14 heteroatoms. The zero-order chi connectivity index (χ0) is 29.1. The second-order valence-electron chi connectivity index (χ2n) is 7.76. The number of hydrogen-bond acceptors (Lipinski definition) is 11. The lowest BCUT2D eigenvalue weighted by Gasteiger charge is -2.04. The van der Waals surface area contributed by atoms with Crippen molar-refractivity contribution in [2.24, 2.45) is 20.5 Å². The first-order chi connectivity index (χ1) is 19.0. The van der Waals surface area contributed by atoms with E-state index in [0.29, 0.717) is 17.1 Å². The van der Waals surface area contributed by atoms with Gasteiger partial charge in [-0.05, 0) is 83.9 Å². The van der Waals surface area contributed by atoms with Crippen LogP contribution in [0.25, 0.3) is 12.2 Å². The van der Waals surface area contributed by atoms with Crippen LogP contribution in [0, 0.1) is 0 Å². The van der Waals surface area contributed by atoms with Crippen LogP contribution < -0.4 is 0 Å². The average molecular weight is 581 g/mol. The number of aromatic hydroxyl groups is 2. The van der Waals surface area contributed by atoms with Gasteiger partial charge in [-0.15, -0.1) is 12.6 Å². The fraction of sp³-hybridized carbons (Fsp3) is 0. The molecule has 12 nitrogen and oxygen atoms in total. The predicted octanol–water partition coefficient (Wildman–Crippen LogP) is 6.34. The molecule has 40 heavy (non-hydrogen) atoms. The van der Waals surface area contributed by atoms with Crippen molar-refractivity contribution in [3.8, 4) is 11.5 Å². The highest BCUT2D eigenvalue weighted by molar-refractivity contribution is 7.86. The molecule has 4 aromatic carbocycles. The summed E-state index contributed by atoms with van der Waals surface area (Å²) in [6, 6.07) is 23.7. The Balaban J connectivity index is 0.00000103. The monoisotopic (exact) mass is 580 g/mol. The molecule has 0 saturated carbocycles. The second kappa shape index (κ2) is 13.7. The van der Waals surface area contributed by atoms with Gasteiger partial charge in [-0.25, -0.2) is 0 Å². The topological polar surface area (TPSA) is 195 Å². The van der Waals surface area contributed by atoms with Gasteiger partial charge in [0.15, 0.2) is 0 Å². The number of benzene rings is 4. The maximum absolute atomic E-state index is 12.0. The van der Waals surface area contributed by atoms with Crippen LogP contribution in [0.3, 0.4) is 0 Å². The van der Waals surface area contributed by atoms with E-state index in [0.717, 1.165) is 5.56 Å². The molecule has 3 N–H and O–H groups in total. The van der Waals surface area contributed by atoms with Crippen molar-refractivity contribution < 1.29 is 35.8 Å². The van der Waals surface area contributed by atoms with Crippen LogP contribution in [0.4, 0.5) is 22.7 Å². The van der Waals surface area contributed by atoms with Crippen molar-refractivity contribution in [1.82, 2.24) is 0 Å². The van der Waals surface area contributed by atoms with E-state index in [-0.39, 0.29) is 27.6 Å². The summed E-state index contributed by atoms with van der Waals surface area (Å²) in [7, 11) is -7.63. The zero-order valence-electron chi connectivity index (χ0n) is 20.3. The molecular formula is C26H20N4O8S2. The van der Waals surface area contributed by atoms with Crippen molar-refractivity contribution >= 4 is 55.6 Å². The summed E-state index contributed by atoms with van der Waals surface area (Å²) in [4.78, 5) is -0.305. The molecule has 0 aliphatic carbocycles. The molecule has 0 aromatic heterocycles. The minimum Gasteiger partial charge on any atom is -0.508 e. The fourth-order valence-corrected chi connectivity index (χ4v) is 3.76. The summed E-state index contributed by atoms with van der Waals surface area (Å²) in [6.07, 6.45) is 3.26. The van der Waals surface area contributed by atoms with Crippen LogP contribution >= 0.6 is 0 Å². The highest BCUT2D eigenvalue weighted by Gasteiger charge is 2.15. The maximum Gasteiger partial charge on any atom is 0.425 e. The van der Waals surface area contributed by atoms with Crippen molar-refractivity contribution in [3.63, 3.8) is 0 Å². The number of phenolic OH excluding ortho intramolecular Hbond substituents is 2. The quantitative estimate of drug-likeness (QED) is 0.128. The number of azo groups is 2. The van der Waals surface area contributed by atoms with Crippen molar-refractivity contribution in [1.29, 1.82) is 0 Å². The van der Waals surface area contributed by atoms with Crippen molar-refractivity contribution in [3.05, 3.63) is 102 Å². The molecule has 4 aromatic rings. The summed E-state index contributed by atoms with van der Waals surface area (Å²) >= 11 is 0. The average Bonchev–Trinajstić information content (AvgIpc) is 2.91. The van der Waals surface area contributed by atoms with Gasteiger partial charge in [0.1, 0.15) is 16.4 Å². The Labute approximate surface area is 230 Å². The zero-order valence-corrected chi connectivity index (χ0v) is 21.9. The number of nitrogens with zero attached hydrogens (tertiary/aromatic N) is 4. The standard InChI is InChI=1S/C26H20N4O5S.O3S/c31-24-13-9-21(10-14-24)28-27-20-6-2-18(3-7-20)1-4-19-5-8-23(17-26(19)36(33,34)35)30-29-22-11-15-25(32)16-12-22;1-4(2)3/h1-17,31-32H,(H,33,34,35);. The largest absolute Gasteiger partial charge is 0.508 e. The summed E-state index contributed by atoms with van der Waals surface area (Å²) in [5, 5.41) is 34.9. The van der Waals surface area contributed by atoms with E-state index in [1.807, 2.05) is 0 Å². The Bertz CT molecular complexity index is 1760. The molecule has 0 aliphatic heterocycles. The SMILES string of the molecule is O=S(=O)(O)c1cc(N=Nc2ccc(O)cc2)ccc1C=Cc1ccc(N=Nc2ccc(O)cc2)cc1.O=S(=O)=O. The Morgan fingerprint density at radius 2 is 0.950 bits per heavy atom. The van der Waals surface area contributed by atoms with E-state index in [9.17, 15) is 23.2 Å². The van der Waals surface area contributed by atoms with Crippen molar-refractivity contribution in [2.45, 2.75) is 4.90 Å². The van der Waals surface area contributed by atoms with E-state index < -0.39 is 20.7 Å². The molecule has 0 aliphatic rings. The van der Waals surface area contributed by atoms with E-state index in [1.54, 1.807) is 66.7 Å². The first kappa shape index (κ1) is 29.5. The lowest BCUT2D eigenvalue weighted by Crippen LogP contribution is -2.00. The van der Waals surface area contributed by atoms with Gasteiger partial charge in [0.2, 0.25) is 0 Å². The van der Waals surface area contributed by atoms with Gasteiger partial charge in [-0.3, -0.25) is 4.55 Å². The van der Waals surface area contributed by atoms with E-state index in [2.05, 4.69) is 20.5 Å². The Morgan fingerprint density at radius 3 is 1.38 bits per heavy atom. The Kier molecular flexibility index (Phi) is 10.1. The van der Waals surface area contributed by atoms with Crippen LogP contribution in [0.15, 0.2) is 116 Å². The van der Waals surface area contributed by atoms with Crippen LogP contribution in [-0.2, 0) is 20.7 Å². The van der Waals surface area contributed by atoms with Crippen molar-refractivity contribution in [2.75, 3.05) is 0 Å². The van der Waals surface area contributed by atoms with Gasteiger partial charge in [0, 0.05) is 0 Å². The molecule has 0 fully saturated rings. The Hall–Kier alpha value is -5.05. The van der Waals surface area contributed by atoms with Crippen LogP contribution in [-0.4, -0.2) is 35.8 Å². The minimum atomic E-state index is -4.52. The number of rotatable bonds is 7. The van der Waals surface area contributed by atoms with Gasteiger partial charge in [0.25, 0.3) is 10.1 Å². The smallest absolute Gasteiger partial charge is 0.425 e. The van der Waals surface area contributed by atoms with Crippen LogP contribution in [0.1, 0.15) is 11.1 Å². The molecule has 0 amide bonds. The highest BCUT2D eigenvalue weighted by atomic mass is 32.2. The van der Waals surface area contributed by atoms with E-state index in [4.69, 9.17) is 12.6 Å². The van der Waals surface area contributed by atoms with Crippen LogP contribution in [0.5, 0.6) is 11.5 Å². The highest BCUT2D eigenvalue weighted by Crippen LogP contribution is 2.27. The molecule has 4 rings (SSSR count). The van der Waals surface area contributed by atoms with Gasteiger partial charge in [0.05, 0.1) is 22.7 Å². The summed E-state index contributed by atoms with van der Waals surface area (Å²) in [5.74, 6) is 0.238. The molecular weight excluding hydrogens is 560 g/mol. The molecule has 0 unspecified atom stereocenters. The maximum atomic E-state index is 12.0. The number of phenols is 2. The second-order valence-corrected chi connectivity index (χ2v) is 9.56. The lowest BCUT2D eigenvalue weighted by atomic mass is 10.1. The van der Waals surface area contributed by atoms with Crippen LogP contribution in [0.2, 0.25) is 0 Å². The summed E-state index contributed by atoms with van der Waals surface area (Å²) in [5.41, 5.74) is 2.96. The number of hydrogen-bond donors (Lipinski definition) is 3. The molecule has 0 saturated heterocycles. The lowest BCUT2D eigenvalue weighted by molar-refractivity contribution is 0.475. The van der Waals surface area contributed by atoms with Gasteiger partial charge < -0.3 is 10.2 Å². The molecule has 0 radical (unpaired) electrons. The van der Waals surface area contributed by atoms with E-state index in [1.165, 1.54) is 36.4 Å². The first-order valence-electron chi connectivity index (χ1n) is 11.1. The third kappa shape index (κ3) is 9.68. The third-order valence-electron chi connectivity index (χ3n) is 4.88. The van der Waals surface area contributed by atoms with Gasteiger partial charge >= 0.3 is 10.6 Å². The first-order valence-corrected chi connectivity index (χ1v) is 13.5.